The Morgan fingerprint density at radius 3 is 2.50 bits per heavy atom. The van der Waals surface area contributed by atoms with Gasteiger partial charge in [0.15, 0.2) is 6.23 Å². The van der Waals surface area contributed by atoms with E-state index in [-0.39, 0.29) is 5.91 Å². The summed E-state index contributed by atoms with van der Waals surface area (Å²) in [7, 11) is 0. The summed E-state index contributed by atoms with van der Waals surface area (Å²) < 4.78 is 0. The van der Waals surface area contributed by atoms with Crippen LogP contribution in [0.1, 0.15) is 0 Å². The van der Waals surface area contributed by atoms with Crippen LogP contribution in [0.15, 0.2) is 41.4 Å². The largest absolute Gasteiger partial charge is 0.369 e. The molecule has 1 heterocycles. The summed E-state index contributed by atoms with van der Waals surface area (Å²) in [6.45, 7) is 0. The number of aliphatic hydroxyl groups excluding tert-OH is 1. The first kappa shape index (κ1) is 10.3. The van der Waals surface area contributed by atoms with Gasteiger partial charge in [-0.1, -0.05) is 0 Å². The summed E-state index contributed by atoms with van der Waals surface area (Å²) in [4.78, 5) is 26.1. The van der Waals surface area contributed by atoms with Gasteiger partial charge < -0.3 is 5.11 Å². The number of isocyanates is 1. The van der Waals surface area contributed by atoms with Crippen LogP contribution in [0.2, 0.25) is 0 Å². The van der Waals surface area contributed by atoms with E-state index in [1.807, 2.05) is 0 Å². The number of aliphatic hydroxyl groups is 1. The summed E-state index contributed by atoms with van der Waals surface area (Å²) in [5.74, 6) is -0.279. The number of amides is 1. The molecule has 80 valence electrons. The van der Waals surface area contributed by atoms with Gasteiger partial charge in [0, 0.05) is 11.8 Å². The van der Waals surface area contributed by atoms with E-state index in [1.54, 1.807) is 24.3 Å². The van der Waals surface area contributed by atoms with E-state index in [9.17, 15) is 14.7 Å². The van der Waals surface area contributed by atoms with Crippen molar-refractivity contribution in [1.82, 2.24) is 0 Å². The third-order valence-electron chi connectivity index (χ3n) is 2.22. The lowest BCUT2D eigenvalue weighted by molar-refractivity contribution is -0.114. The molecule has 1 unspecified atom stereocenters. The molecule has 1 aromatic carbocycles. The zero-order chi connectivity index (χ0) is 11.5. The lowest BCUT2D eigenvalue weighted by Crippen LogP contribution is -2.33. The van der Waals surface area contributed by atoms with Gasteiger partial charge in [-0.3, -0.25) is 9.69 Å². The molecule has 0 spiro atoms. The molecule has 1 aliphatic heterocycles. The molecule has 0 aromatic heterocycles. The highest BCUT2D eigenvalue weighted by atomic mass is 16.3. The average molecular weight is 216 g/mol. The lowest BCUT2D eigenvalue weighted by Gasteiger charge is -2.20. The molecule has 1 atom stereocenters. The molecule has 0 saturated carbocycles. The second-order valence-electron chi connectivity index (χ2n) is 3.20. The van der Waals surface area contributed by atoms with E-state index in [0.717, 1.165) is 0 Å². The first-order valence-corrected chi connectivity index (χ1v) is 4.60. The fourth-order valence-corrected chi connectivity index (χ4v) is 1.49. The molecular formula is C11H8N2O3. The van der Waals surface area contributed by atoms with Gasteiger partial charge in [-0.15, -0.1) is 0 Å². The molecule has 16 heavy (non-hydrogen) atoms. The summed E-state index contributed by atoms with van der Waals surface area (Å²) in [6, 6.07) is 6.34. The van der Waals surface area contributed by atoms with Gasteiger partial charge in [-0.25, -0.2) is 4.79 Å². The van der Waals surface area contributed by atoms with Gasteiger partial charge in [0.1, 0.15) is 0 Å². The number of benzene rings is 1. The predicted octanol–water partition coefficient (Wildman–Crippen LogP) is 0.875. The zero-order valence-corrected chi connectivity index (χ0v) is 8.20. The van der Waals surface area contributed by atoms with Crippen LogP contribution >= 0.6 is 0 Å². The first-order valence-electron chi connectivity index (χ1n) is 4.60. The van der Waals surface area contributed by atoms with Gasteiger partial charge >= 0.3 is 0 Å². The number of anilines is 1. The zero-order valence-electron chi connectivity index (χ0n) is 8.20. The maximum absolute atomic E-state index is 11.4. The highest BCUT2D eigenvalue weighted by Crippen LogP contribution is 2.23. The van der Waals surface area contributed by atoms with Crippen LogP contribution in [-0.2, 0) is 9.59 Å². The Kier molecular flexibility index (Phi) is 2.64. The van der Waals surface area contributed by atoms with Crippen molar-refractivity contribution in [2.24, 2.45) is 4.99 Å². The van der Waals surface area contributed by atoms with E-state index in [4.69, 9.17) is 0 Å². The van der Waals surface area contributed by atoms with Crippen LogP contribution in [0.25, 0.3) is 0 Å². The number of nitrogens with zero attached hydrogens (tertiary/aromatic N) is 2. The fourth-order valence-electron chi connectivity index (χ4n) is 1.49. The molecule has 1 N–H and O–H groups in total. The molecule has 0 radical (unpaired) electrons. The van der Waals surface area contributed by atoms with Crippen LogP contribution in [0.4, 0.5) is 11.4 Å². The molecule has 2 rings (SSSR count). The molecule has 0 aliphatic carbocycles. The van der Waals surface area contributed by atoms with Crippen LogP contribution in [0, 0.1) is 0 Å². The van der Waals surface area contributed by atoms with Crippen molar-refractivity contribution in [3.8, 4) is 0 Å². The summed E-state index contributed by atoms with van der Waals surface area (Å²) in [5, 5.41) is 9.52. The van der Waals surface area contributed by atoms with E-state index in [1.165, 1.54) is 23.1 Å². The highest BCUT2D eigenvalue weighted by molar-refractivity contribution is 6.04. The van der Waals surface area contributed by atoms with Gasteiger partial charge in [-0.2, -0.15) is 4.99 Å². The van der Waals surface area contributed by atoms with Crippen LogP contribution < -0.4 is 4.90 Å². The van der Waals surface area contributed by atoms with Gasteiger partial charge in [0.25, 0.3) is 5.91 Å². The molecule has 5 nitrogen and oxygen atoms in total. The molecule has 0 saturated heterocycles. The molecule has 1 aromatic rings. The van der Waals surface area contributed by atoms with E-state index in [2.05, 4.69) is 4.99 Å². The number of carbonyl (C=O) groups is 1. The van der Waals surface area contributed by atoms with Crippen molar-refractivity contribution in [3.05, 3.63) is 36.4 Å². The highest BCUT2D eigenvalue weighted by Gasteiger charge is 2.24. The Bertz CT molecular complexity index is 486. The minimum atomic E-state index is -0.937. The summed E-state index contributed by atoms with van der Waals surface area (Å²) in [6.07, 6.45) is 3.20. The third kappa shape index (κ3) is 1.77. The van der Waals surface area contributed by atoms with Crippen molar-refractivity contribution in [2.75, 3.05) is 4.90 Å². The van der Waals surface area contributed by atoms with Crippen molar-refractivity contribution in [1.29, 1.82) is 0 Å². The first-order chi connectivity index (χ1) is 7.72. The summed E-state index contributed by atoms with van der Waals surface area (Å²) >= 11 is 0. The Morgan fingerprint density at radius 1 is 1.31 bits per heavy atom. The minimum absolute atomic E-state index is 0.279. The molecule has 0 bridgehead atoms. The van der Waals surface area contributed by atoms with Crippen LogP contribution in [0.3, 0.4) is 0 Å². The van der Waals surface area contributed by atoms with Crippen molar-refractivity contribution in [3.63, 3.8) is 0 Å². The smallest absolute Gasteiger partial charge is 0.253 e. The van der Waals surface area contributed by atoms with Crippen molar-refractivity contribution < 1.29 is 14.7 Å². The van der Waals surface area contributed by atoms with E-state index >= 15 is 0 Å². The molecule has 1 aliphatic rings. The topological polar surface area (TPSA) is 70.0 Å². The standard InChI is InChI=1S/C11H8N2O3/c14-7-12-8-1-3-9(4-2-8)13-10(15)5-6-11(13)16/h1-6,10,15H. The van der Waals surface area contributed by atoms with Gasteiger partial charge in [0.2, 0.25) is 6.08 Å². The molecule has 5 heteroatoms. The van der Waals surface area contributed by atoms with E-state index in [0.29, 0.717) is 11.4 Å². The van der Waals surface area contributed by atoms with Crippen molar-refractivity contribution in [2.45, 2.75) is 6.23 Å². The van der Waals surface area contributed by atoms with Crippen LogP contribution in [-0.4, -0.2) is 23.3 Å². The molecule has 0 fully saturated rings. The lowest BCUT2D eigenvalue weighted by atomic mass is 10.2. The quantitative estimate of drug-likeness (QED) is 0.589. The fraction of sp³-hybridized carbons (Fsp3) is 0.0909. The van der Waals surface area contributed by atoms with Crippen LogP contribution in [0.5, 0.6) is 0 Å². The Labute approximate surface area is 91.3 Å². The molecular weight excluding hydrogens is 208 g/mol. The number of hydrogen-bond donors (Lipinski definition) is 1. The Morgan fingerprint density at radius 2 is 2.00 bits per heavy atom. The van der Waals surface area contributed by atoms with E-state index < -0.39 is 6.23 Å². The SMILES string of the molecule is O=C=Nc1ccc(N2C(=O)C=CC2O)cc1. The monoisotopic (exact) mass is 216 g/mol. The van der Waals surface area contributed by atoms with Gasteiger partial charge in [0.05, 0.1) is 5.69 Å². The maximum atomic E-state index is 11.4. The average Bonchev–Trinajstić information content (AvgIpc) is 2.61. The minimum Gasteiger partial charge on any atom is -0.369 e. The number of carbonyl (C=O) groups excluding carboxylic acids is 2. The summed E-state index contributed by atoms with van der Waals surface area (Å²) in [5.41, 5.74) is 1.00. The second kappa shape index (κ2) is 4.10. The number of rotatable bonds is 2. The number of aliphatic imine (C=N–C) groups is 1. The number of hydrogen-bond acceptors (Lipinski definition) is 4. The predicted molar refractivity (Wildman–Crippen MR) is 56.9 cm³/mol. The maximum Gasteiger partial charge on any atom is 0.253 e. The Balaban J connectivity index is 2.28. The normalized spacial score (nSPS) is 18.7. The third-order valence-corrected chi connectivity index (χ3v) is 2.22. The van der Waals surface area contributed by atoms with Crippen molar-refractivity contribution >= 4 is 23.4 Å². The Hall–Kier alpha value is -2.23. The second-order valence-corrected chi connectivity index (χ2v) is 3.20. The van der Waals surface area contributed by atoms with Gasteiger partial charge in [-0.05, 0) is 30.3 Å². The molecule has 1 amide bonds.